The van der Waals surface area contributed by atoms with Gasteiger partial charge in [0.05, 0.1) is 0 Å². The molecule has 2 heteroatoms. The third-order valence-corrected chi connectivity index (χ3v) is 2.90. The van der Waals surface area contributed by atoms with E-state index in [1.165, 1.54) is 24.1 Å². The van der Waals surface area contributed by atoms with Crippen molar-refractivity contribution in [2.24, 2.45) is 5.92 Å². The lowest BCUT2D eigenvalue weighted by molar-refractivity contribution is 0.775. The SMILES string of the molecule is CCC1CC1Nc1cc(C)cc(N)c1. The van der Waals surface area contributed by atoms with Crippen LogP contribution in [0.3, 0.4) is 0 Å². The van der Waals surface area contributed by atoms with Crippen molar-refractivity contribution in [2.45, 2.75) is 32.7 Å². The van der Waals surface area contributed by atoms with Gasteiger partial charge in [0.15, 0.2) is 0 Å². The van der Waals surface area contributed by atoms with E-state index in [-0.39, 0.29) is 0 Å². The van der Waals surface area contributed by atoms with E-state index < -0.39 is 0 Å². The average Bonchev–Trinajstić information content (AvgIpc) is 2.81. The monoisotopic (exact) mass is 190 g/mol. The molecule has 1 aliphatic rings. The molecule has 14 heavy (non-hydrogen) atoms. The fraction of sp³-hybridized carbons (Fsp3) is 0.500. The number of anilines is 2. The Balaban J connectivity index is 2.03. The summed E-state index contributed by atoms with van der Waals surface area (Å²) < 4.78 is 0. The molecule has 1 aromatic rings. The molecule has 76 valence electrons. The number of nitrogen functional groups attached to an aromatic ring is 1. The fourth-order valence-electron chi connectivity index (χ4n) is 1.99. The highest BCUT2D eigenvalue weighted by Crippen LogP contribution is 2.36. The van der Waals surface area contributed by atoms with Crippen LogP contribution in [-0.4, -0.2) is 6.04 Å². The minimum atomic E-state index is 0.682. The molecule has 0 bridgehead atoms. The van der Waals surface area contributed by atoms with E-state index in [2.05, 4.69) is 25.2 Å². The zero-order valence-electron chi connectivity index (χ0n) is 8.88. The second-order valence-electron chi connectivity index (χ2n) is 4.29. The number of nitrogens with one attached hydrogen (secondary N) is 1. The van der Waals surface area contributed by atoms with Crippen LogP contribution in [0.25, 0.3) is 0 Å². The molecule has 1 saturated carbocycles. The Hall–Kier alpha value is -1.18. The van der Waals surface area contributed by atoms with Crippen LogP contribution in [0.2, 0.25) is 0 Å². The first-order chi connectivity index (χ1) is 6.69. The summed E-state index contributed by atoms with van der Waals surface area (Å²) in [5.74, 6) is 0.872. The first kappa shape index (κ1) is 9.38. The molecule has 2 unspecified atom stereocenters. The van der Waals surface area contributed by atoms with E-state index in [9.17, 15) is 0 Å². The smallest absolute Gasteiger partial charge is 0.0365 e. The van der Waals surface area contributed by atoms with E-state index >= 15 is 0 Å². The normalized spacial score (nSPS) is 24.7. The first-order valence-corrected chi connectivity index (χ1v) is 5.32. The zero-order chi connectivity index (χ0) is 10.1. The van der Waals surface area contributed by atoms with Gasteiger partial charge in [-0.2, -0.15) is 0 Å². The van der Waals surface area contributed by atoms with Crippen molar-refractivity contribution in [3.63, 3.8) is 0 Å². The molecule has 0 aromatic heterocycles. The second kappa shape index (κ2) is 3.52. The van der Waals surface area contributed by atoms with Crippen molar-refractivity contribution in [3.8, 4) is 0 Å². The Morgan fingerprint density at radius 2 is 2.21 bits per heavy atom. The number of hydrogen-bond donors (Lipinski definition) is 2. The van der Waals surface area contributed by atoms with Crippen molar-refractivity contribution in [2.75, 3.05) is 11.1 Å². The quantitative estimate of drug-likeness (QED) is 0.719. The summed E-state index contributed by atoms with van der Waals surface area (Å²) in [6.07, 6.45) is 2.59. The van der Waals surface area contributed by atoms with Gasteiger partial charge in [-0.05, 0) is 43.0 Å². The third kappa shape index (κ3) is 2.00. The number of hydrogen-bond acceptors (Lipinski definition) is 2. The van der Waals surface area contributed by atoms with E-state index in [1.807, 2.05) is 12.1 Å². The lowest BCUT2D eigenvalue weighted by atomic mass is 10.2. The van der Waals surface area contributed by atoms with Gasteiger partial charge in [0.1, 0.15) is 0 Å². The molecule has 1 aromatic carbocycles. The van der Waals surface area contributed by atoms with Gasteiger partial charge >= 0.3 is 0 Å². The van der Waals surface area contributed by atoms with Crippen molar-refractivity contribution in [1.29, 1.82) is 0 Å². The van der Waals surface area contributed by atoms with Gasteiger partial charge in [-0.25, -0.2) is 0 Å². The maximum absolute atomic E-state index is 5.78. The molecular weight excluding hydrogens is 172 g/mol. The van der Waals surface area contributed by atoms with Crippen molar-refractivity contribution >= 4 is 11.4 Å². The molecular formula is C12H18N2. The van der Waals surface area contributed by atoms with Crippen LogP contribution in [0, 0.1) is 12.8 Å². The molecule has 0 radical (unpaired) electrons. The van der Waals surface area contributed by atoms with Gasteiger partial charge in [-0.15, -0.1) is 0 Å². The van der Waals surface area contributed by atoms with E-state index in [4.69, 9.17) is 5.73 Å². The lowest BCUT2D eigenvalue weighted by Gasteiger charge is -2.07. The number of rotatable bonds is 3. The molecule has 2 atom stereocenters. The Morgan fingerprint density at radius 3 is 2.79 bits per heavy atom. The number of aryl methyl sites for hydroxylation is 1. The molecule has 0 spiro atoms. The van der Waals surface area contributed by atoms with Crippen LogP contribution in [0.1, 0.15) is 25.3 Å². The highest BCUT2D eigenvalue weighted by Gasteiger charge is 2.34. The highest BCUT2D eigenvalue weighted by molar-refractivity contribution is 5.57. The number of nitrogens with two attached hydrogens (primary N) is 1. The summed E-state index contributed by atoms with van der Waals surface area (Å²) in [6.45, 7) is 4.32. The average molecular weight is 190 g/mol. The summed E-state index contributed by atoms with van der Waals surface area (Å²) in [6, 6.07) is 6.84. The van der Waals surface area contributed by atoms with E-state index in [0.717, 1.165) is 11.6 Å². The standard InChI is InChI=1S/C12H18N2/c1-3-9-6-12(9)14-11-5-8(2)4-10(13)7-11/h4-5,7,9,12,14H,3,6,13H2,1-2H3. The number of benzene rings is 1. The summed E-state index contributed by atoms with van der Waals surface area (Å²) >= 11 is 0. The lowest BCUT2D eigenvalue weighted by Crippen LogP contribution is -2.04. The summed E-state index contributed by atoms with van der Waals surface area (Å²) in [5.41, 5.74) is 9.02. The minimum absolute atomic E-state index is 0.682. The van der Waals surface area contributed by atoms with Crippen LogP contribution in [0.4, 0.5) is 11.4 Å². The summed E-state index contributed by atoms with van der Waals surface area (Å²) in [4.78, 5) is 0. The summed E-state index contributed by atoms with van der Waals surface area (Å²) in [7, 11) is 0. The van der Waals surface area contributed by atoms with Crippen LogP contribution in [0.15, 0.2) is 18.2 Å². The van der Waals surface area contributed by atoms with Gasteiger partial charge in [0.2, 0.25) is 0 Å². The third-order valence-electron chi connectivity index (χ3n) is 2.90. The minimum Gasteiger partial charge on any atom is -0.399 e. The maximum Gasteiger partial charge on any atom is 0.0365 e. The molecule has 3 N–H and O–H groups in total. The Kier molecular flexibility index (Phi) is 2.36. The molecule has 2 nitrogen and oxygen atoms in total. The summed E-state index contributed by atoms with van der Waals surface area (Å²) in [5, 5.41) is 3.52. The second-order valence-corrected chi connectivity index (χ2v) is 4.29. The molecule has 0 amide bonds. The van der Waals surface area contributed by atoms with Gasteiger partial charge in [0.25, 0.3) is 0 Å². The van der Waals surface area contributed by atoms with Crippen molar-refractivity contribution in [1.82, 2.24) is 0 Å². The highest BCUT2D eigenvalue weighted by atomic mass is 15.0. The Morgan fingerprint density at radius 1 is 1.43 bits per heavy atom. The van der Waals surface area contributed by atoms with Crippen molar-refractivity contribution < 1.29 is 0 Å². The predicted octanol–water partition coefficient (Wildman–Crippen LogP) is 2.79. The molecule has 0 heterocycles. The van der Waals surface area contributed by atoms with E-state index in [1.54, 1.807) is 0 Å². The topological polar surface area (TPSA) is 38.0 Å². The fourth-order valence-corrected chi connectivity index (χ4v) is 1.99. The van der Waals surface area contributed by atoms with E-state index in [0.29, 0.717) is 6.04 Å². The molecule has 2 rings (SSSR count). The van der Waals surface area contributed by atoms with Crippen LogP contribution in [0.5, 0.6) is 0 Å². The van der Waals surface area contributed by atoms with Gasteiger partial charge in [-0.1, -0.05) is 13.3 Å². The van der Waals surface area contributed by atoms with Crippen molar-refractivity contribution in [3.05, 3.63) is 23.8 Å². The van der Waals surface area contributed by atoms with Crippen LogP contribution < -0.4 is 11.1 Å². The molecule has 1 aliphatic carbocycles. The van der Waals surface area contributed by atoms with Gasteiger partial charge in [0, 0.05) is 17.4 Å². The zero-order valence-corrected chi connectivity index (χ0v) is 8.88. The maximum atomic E-state index is 5.78. The molecule has 0 aliphatic heterocycles. The Labute approximate surface area is 85.5 Å². The van der Waals surface area contributed by atoms with Gasteiger partial charge < -0.3 is 11.1 Å². The Bertz CT molecular complexity index is 313. The largest absolute Gasteiger partial charge is 0.399 e. The van der Waals surface area contributed by atoms with Crippen LogP contribution in [-0.2, 0) is 0 Å². The van der Waals surface area contributed by atoms with Crippen LogP contribution >= 0.6 is 0 Å². The molecule has 1 fully saturated rings. The molecule has 0 saturated heterocycles. The first-order valence-electron chi connectivity index (χ1n) is 5.32. The van der Waals surface area contributed by atoms with Gasteiger partial charge in [-0.3, -0.25) is 0 Å². The predicted molar refractivity (Wildman–Crippen MR) is 61.4 cm³/mol.